The highest BCUT2D eigenvalue weighted by atomic mass is 16.5. The normalized spacial score (nSPS) is 20.0. The number of amides is 1. The number of pyridine rings is 1. The second kappa shape index (κ2) is 13.5. The van der Waals surface area contributed by atoms with Crippen LogP contribution in [0, 0.1) is 18.8 Å². The summed E-state index contributed by atoms with van der Waals surface area (Å²) in [5.74, 6) is 4.35. The average molecular weight is 647 g/mol. The molecule has 248 valence electrons. The second-order valence-corrected chi connectivity index (χ2v) is 12.5. The van der Waals surface area contributed by atoms with Crippen molar-refractivity contribution in [2.75, 3.05) is 36.5 Å². The number of anilines is 3. The molecule has 1 atom stereocenters. The van der Waals surface area contributed by atoms with E-state index in [1.165, 1.54) is 25.6 Å². The number of nitrogens with zero attached hydrogens (tertiary/aromatic N) is 7. The summed E-state index contributed by atoms with van der Waals surface area (Å²) in [5.41, 5.74) is 4.37. The Kier molecular flexibility index (Phi) is 8.84. The van der Waals surface area contributed by atoms with Gasteiger partial charge in [0.15, 0.2) is 11.4 Å². The molecule has 1 saturated carbocycles. The van der Waals surface area contributed by atoms with Gasteiger partial charge in [0.2, 0.25) is 5.91 Å². The number of rotatable bonds is 7. The lowest BCUT2D eigenvalue weighted by Crippen LogP contribution is -2.58. The summed E-state index contributed by atoms with van der Waals surface area (Å²) in [6.45, 7) is 10.8. The van der Waals surface area contributed by atoms with Crippen molar-refractivity contribution < 1.29 is 14.3 Å². The first-order valence-electron chi connectivity index (χ1n) is 17.0. The van der Waals surface area contributed by atoms with Gasteiger partial charge in [-0.2, -0.15) is 5.10 Å². The topological polar surface area (TPSA) is 110 Å². The van der Waals surface area contributed by atoms with Crippen LogP contribution in [0.2, 0.25) is 0 Å². The molecule has 1 unspecified atom stereocenters. The quantitative estimate of drug-likeness (QED) is 0.188. The highest BCUT2D eigenvalue weighted by Gasteiger charge is 2.35. The lowest BCUT2D eigenvalue weighted by Gasteiger charge is -2.45. The van der Waals surface area contributed by atoms with Gasteiger partial charge in [-0.3, -0.25) is 4.79 Å². The maximum Gasteiger partial charge on any atom is 0.246 e. The van der Waals surface area contributed by atoms with Crippen LogP contribution in [-0.2, 0) is 4.79 Å². The fraction of sp³-hybridized carbons (Fsp3) is 0.378. The second-order valence-electron chi connectivity index (χ2n) is 12.5. The van der Waals surface area contributed by atoms with Crippen molar-refractivity contribution >= 4 is 39.6 Å². The van der Waals surface area contributed by atoms with Gasteiger partial charge in [-0.05, 0) is 79.6 Å². The molecule has 11 nitrogen and oxygen atoms in total. The molecule has 11 heteroatoms. The first-order chi connectivity index (χ1) is 23.5. The molecule has 3 aromatic heterocycles. The van der Waals surface area contributed by atoms with Crippen molar-refractivity contribution in [3.05, 3.63) is 79.0 Å². The number of piperazine rings is 1. The van der Waals surface area contributed by atoms with Gasteiger partial charge in [-0.1, -0.05) is 33.3 Å². The van der Waals surface area contributed by atoms with Gasteiger partial charge in [-0.25, -0.2) is 19.5 Å². The summed E-state index contributed by atoms with van der Waals surface area (Å²) >= 11 is 0. The van der Waals surface area contributed by atoms with Crippen molar-refractivity contribution in [3.63, 3.8) is 0 Å². The van der Waals surface area contributed by atoms with Gasteiger partial charge in [0, 0.05) is 37.6 Å². The zero-order valence-electron chi connectivity index (χ0n) is 28.0. The Bertz CT molecular complexity index is 1970. The van der Waals surface area contributed by atoms with E-state index in [0.29, 0.717) is 37.2 Å². The molecule has 0 bridgehead atoms. The van der Waals surface area contributed by atoms with E-state index in [1.54, 1.807) is 16.9 Å². The minimum atomic E-state index is 0.0888. The molecule has 5 heterocycles. The lowest BCUT2D eigenvalue weighted by molar-refractivity contribution is -0.127. The monoisotopic (exact) mass is 646 g/mol. The minimum Gasteiger partial charge on any atom is -0.488 e. The minimum absolute atomic E-state index is 0.0888. The molecule has 1 aliphatic carbocycles. The molecule has 3 aliphatic rings. The van der Waals surface area contributed by atoms with Crippen molar-refractivity contribution in [1.29, 1.82) is 0 Å². The molecule has 2 fully saturated rings. The summed E-state index contributed by atoms with van der Waals surface area (Å²) in [6, 6.07) is 13.8. The predicted octanol–water partition coefficient (Wildman–Crippen LogP) is 6.95. The molecule has 2 aliphatic heterocycles. The number of carbonyl (C=O) groups is 1. The number of hydrogen-bond donors (Lipinski definition) is 1. The predicted molar refractivity (Wildman–Crippen MR) is 187 cm³/mol. The standard InChI is InChI=1S/C35H36N8O3.C2H6/c1-3-23-15-24(16-23)4-9-32(44)41-12-13-42-26(18-41)19-45-34-29(42)7-6-28-33(34)35(38-20-36-28)40-25-5-8-30(22(2)14-25)46-27-10-11-43-31(17-27)37-21-39-43;1-2/h4-11,14,17,20-21,23-24,26H,3,12-13,15-16,18-19H2,1-2H3,(H,36,38,40);1-2H3/b9-4+;. The number of hydrogen-bond acceptors (Lipinski definition) is 9. The first kappa shape index (κ1) is 31.4. The highest BCUT2D eigenvalue weighted by Crippen LogP contribution is 2.43. The zero-order valence-corrected chi connectivity index (χ0v) is 28.0. The van der Waals surface area contributed by atoms with E-state index in [2.05, 4.69) is 49.3 Å². The van der Waals surface area contributed by atoms with E-state index in [9.17, 15) is 4.79 Å². The molecular formula is C37H42N8O3. The molecule has 1 saturated heterocycles. The van der Waals surface area contributed by atoms with Crippen LogP contribution in [0.5, 0.6) is 17.2 Å². The largest absolute Gasteiger partial charge is 0.488 e. The van der Waals surface area contributed by atoms with Gasteiger partial charge in [-0.15, -0.1) is 0 Å². The van der Waals surface area contributed by atoms with Crippen LogP contribution in [-0.4, -0.2) is 67.7 Å². The maximum atomic E-state index is 13.0. The Morgan fingerprint density at radius 1 is 1.06 bits per heavy atom. The summed E-state index contributed by atoms with van der Waals surface area (Å²) in [7, 11) is 0. The van der Waals surface area contributed by atoms with E-state index in [-0.39, 0.29) is 11.9 Å². The van der Waals surface area contributed by atoms with Gasteiger partial charge in [0.1, 0.15) is 36.6 Å². The van der Waals surface area contributed by atoms with Gasteiger partial charge < -0.3 is 24.6 Å². The molecule has 8 rings (SSSR count). The molecule has 1 N–H and O–H groups in total. The lowest BCUT2D eigenvalue weighted by atomic mass is 9.73. The summed E-state index contributed by atoms with van der Waals surface area (Å²) in [4.78, 5) is 30.7. The van der Waals surface area contributed by atoms with E-state index in [4.69, 9.17) is 9.47 Å². The number of benzene rings is 2. The van der Waals surface area contributed by atoms with Crippen molar-refractivity contribution in [1.82, 2.24) is 29.5 Å². The number of carbonyl (C=O) groups excluding carboxylic acids is 1. The molecule has 5 aromatic rings. The SMILES string of the molecule is CC.CCC1CC(/C=C/C(=O)N2CCN3c4ccc5ncnc(Nc6ccc(Oc7ccn8ncnc8c7)c(C)c6)c5c4OCC3C2)C1. The van der Waals surface area contributed by atoms with Gasteiger partial charge >= 0.3 is 0 Å². The van der Waals surface area contributed by atoms with Crippen molar-refractivity contribution in [3.8, 4) is 17.2 Å². The number of aromatic nitrogens is 5. The smallest absolute Gasteiger partial charge is 0.246 e. The first-order valence-corrected chi connectivity index (χ1v) is 17.0. The van der Waals surface area contributed by atoms with E-state index in [1.807, 2.05) is 68.3 Å². The zero-order chi connectivity index (χ0) is 33.2. The van der Waals surface area contributed by atoms with Crippen LogP contribution < -0.4 is 19.7 Å². The van der Waals surface area contributed by atoms with Gasteiger partial charge in [0.25, 0.3) is 0 Å². The Morgan fingerprint density at radius 3 is 2.77 bits per heavy atom. The molecule has 2 aromatic carbocycles. The fourth-order valence-corrected chi connectivity index (χ4v) is 6.84. The van der Waals surface area contributed by atoms with Crippen LogP contribution in [0.4, 0.5) is 17.2 Å². The third kappa shape index (κ3) is 6.12. The van der Waals surface area contributed by atoms with Crippen LogP contribution in [0.15, 0.2) is 73.5 Å². The number of ether oxygens (including phenoxy) is 2. The molecular weight excluding hydrogens is 604 g/mol. The van der Waals surface area contributed by atoms with E-state index in [0.717, 1.165) is 57.5 Å². The number of nitrogens with one attached hydrogen (secondary N) is 1. The molecule has 0 spiro atoms. The summed E-state index contributed by atoms with van der Waals surface area (Å²) in [6.07, 6.45) is 12.5. The number of fused-ring (bicyclic) bond motifs is 6. The maximum absolute atomic E-state index is 13.0. The third-order valence-electron chi connectivity index (χ3n) is 9.54. The third-order valence-corrected chi connectivity index (χ3v) is 9.54. The number of allylic oxidation sites excluding steroid dienone is 1. The van der Waals surface area contributed by atoms with Crippen LogP contribution >= 0.6 is 0 Å². The Labute approximate surface area is 280 Å². The van der Waals surface area contributed by atoms with Crippen molar-refractivity contribution in [2.45, 2.75) is 53.0 Å². The molecule has 1 amide bonds. The van der Waals surface area contributed by atoms with Crippen LogP contribution in [0.1, 0.15) is 45.6 Å². The Balaban J connectivity index is 0.00000179. The van der Waals surface area contributed by atoms with Crippen LogP contribution in [0.25, 0.3) is 16.6 Å². The van der Waals surface area contributed by atoms with Crippen LogP contribution in [0.3, 0.4) is 0 Å². The number of aryl methyl sites for hydroxylation is 1. The molecule has 0 radical (unpaired) electrons. The van der Waals surface area contributed by atoms with Crippen molar-refractivity contribution in [2.24, 2.45) is 11.8 Å². The summed E-state index contributed by atoms with van der Waals surface area (Å²) < 4.78 is 14.3. The fourth-order valence-electron chi connectivity index (χ4n) is 6.84. The average Bonchev–Trinajstić information content (AvgIpc) is 3.57. The Morgan fingerprint density at radius 2 is 1.94 bits per heavy atom. The van der Waals surface area contributed by atoms with Gasteiger partial charge in [0.05, 0.1) is 22.6 Å². The highest BCUT2D eigenvalue weighted by molar-refractivity contribution is 6.00. The Hall–Kier alpha value is -5.19. The van der Waals surface area contributed by atoms with E-state index >= 15 is 0 Å². The van der Waals surface area contributed by atoms with E-state index < -0.39 is 0 Å². The summed E-state index contributed by atoms with van der Waals surface area (Å²) in [5, 5.41) is 8.47. The molecule has 48 heavy (non-hydrogen) atoms.